The van der Waals surface area contributed by atoms with Crippen molar-refractivity contribution in [3.05, 3.63) is 185 Å². The van der Waals surface area contributed by atoms with Crippen molar-refractivity contribution in [3.63, 3.8) is 0 Å². The Hall–Kier alpha value is -6.14. The van der Waals surface area contributed by atoms with Crippen molar-refractivity contribution < 1.29 is 30.6 Å². The van der Waals surface area contributed by atoms with Crippen molar-refractivity contribution in [1.82, 2.24) is 0 Å². The van der Waals surface area contributed by atoms with E-state index in [0.29, 0.717) is 25.7 Å². The second-order valence-corrected chi connectivity index (χ2v) is 18.6. The van der Waals surface area contributed by atoms with Gasteiger partial charge in [0.25, 0.3) is 0 Å². The van der Waals surface area contributed by atoms with Crippen LogP contribution in [-0.2, 0) is 28.1 Å². The van der Waals surface area contributed by atoms with Gasteiger partial charge in [0.15, 0.2) is 0 Å². The second kappa shape index (κ2) is 17.2. The van der Waals surface area contributed by atoms with Gasteiger partial charge in [-0.25, -0.2) is 0 Å². The van der Waals surface area contributed by atoms with E-state index in [2.05, 4.69) is 54.2 Å². The molecule has 0 bridgehead atoms. The second-order valence-electron chi connectivity index (χ2n) is 18.6. The van der Waals surface area contributed by atoms with Gasteiger partial charge >= 0.3 is 0 Å². The Labute approximate surface area is 355 Å². The SMILES string of the molecule is C=C(CC(C)(CC(C)(C)c1ccc(O)cc1)c1ccc(O)cc1CC(C)(CC(C)(CC(C)c1ccc(O)cc1)c1ccc(O)cc1)c1ccc(O)cc1)c1ccc(O)cc1. The van der Waals surface area contributed by atoms with Gasteiger partial charge in [-0.3, -0.25) is 0 Å². The van der Waals surface area contributed by atoms with Gasteiger partial charge in [-0.15, -0.1) is 0 Å². The Morgan fingerprint density at radius 3 is 1.40 bits per heavy atom. The Kier molecular flexibility index (Phi) is 12.5. The first kappa shape index (κ1) is 43.4. The van der Waals surface area contributed by atoms with E-state index in [1.165, 1.54) is 0 Å². The minimum absolute atomic E-state index is 0.112. The lowest BCUT2D eigenvalue weighted by molar-refractivity contribution is 0.273. The highest BCUT2D eigenvalue weighted by molar-refractivity contribution is 5.66. The van der Waals surface area contributed by atoms with Crippen LogP contribution in [0.15, 0.2) is 146 Å². The molecule has 6 rings (SSSR count). The molecule has 4 atom stereocenters. The van der Waals surface area contributed by atoms with Crippen LogP contribution < -0.4 is 0 Å². The van der Waals surface area contributed by atoms with Gasteiger partial charge in [0, 0.05) is 0 Å². The molecular formula is C54H60O6. The van der Waals surface area contributed by atoms with E-state index in [9.17, 15) is 30.6 Å². The zero-order valence-electron chi connectivity index (χ0n) is 35.8. The van der Waals surface area contributed by atoms with E-state index in [4.69, 9.17) is 0 Å². The maximum absolute atomic E-state index is 11.3. The fourth-order valence-electron chi connectivity index (χ4n) is 9.99. The molecule has 312 valence electrons. The first-order valence-electron chi connectivity index (χ1n) is 20.7. The van der Waals surface area contributed by atoms with Crippen molar-refractivity contribution in [2.45, 2.75) is 101 Å². The highest BCUT2D eigenvalue weighted by Gasteiger charge is 2.42. The van der Waals surface area contributed by atoms with Crippen LogP contribution in [0.5, 0.6) is 34.5 Å². The summed E-state index contributed by atoms with van der Waals surface area (Å²) in [6.07, 6.45) is 3.26. The fourth-order valence-corrected chi connectivity index (χ4v) is 9.99. The van der Waals surface area contributed by atoms with E-state index >= 15 is 0 Å². The Bertz CT molecular complexity index is 2380. The average Bonchev–Trinajstić information content (AvgIpc) is 3.18. The summed E-state index contributed by atoms with van der Waals surface area (Å²) in [5, 5.41) is 62.5. The van der Waals surface area contributed by atoms with Crippen LogP contribution in [0.3, 0.4) is 0 Å². The lowest BCUT2D eigenvalue weighted by Gasteiger charge is -2.44. The third-order valence-corrected chi connectivity index (χ3v) is 12.8. The zero-order chi connectivity index (χ0) is 43.5. The zero-order valence-corrected chi connectivity index (χ0v) is 35.8. The van der Waals surface area contributed by atoms with Crippen LogP contribution >= 0.6 is 0 Å². The standard InChI is InChI=1S/C54H60O6/c1-36(38-8-18-44(55)19-9-38)31-52(5,42-14-24-47(58)25-15-42)35-53(6,43-16-26-48(59)27-17-43)33-40-30-49(60)28-29-50(40)54(7,32-37(2)39-10-20-45(56)21-11-39)34-51(3,4)41-12-22-46(57)23-13-41/h8-30,36,55-60H,2,31-35H2,1,3-7H3. The smallest absolute Gasteiger partial charge is 0.115 e. The van der Waals surface area contributed by atoms with E-state index in [1.807, 2.05) is 66.7 Å². The normalized spacial score (nSPS) is 15.3. The molecule has 0 aliphatic carbocycles. The van der Waals surface area contributed by atoms with E-state index in [0.717, 1.165) is 50.9 Å². The summed E-state index contributed by atoms with van der Waals surface area (Å²) in [4.78, 5) is 0. The Morgan fingerprint density at radius 2 is 0.900 bits per heavy atom. The van der Waals surface area contributed by atoms with Crippen LogP contribution in [0.25, 0.3) is 5.57 Å². The molecule has 60 heavy (non-hydrogen) atoms. The number of rotatable bonds is 16. The van der Waals surface area contributed by atoms with E-state index < -0.39 is 16.2 Å². The number of phenols is 6. The van der Waals surface area contributed by atoms with Gasteiger partial charge in [0.1, 0.15) is 34.5 Å². The number of aromatic hydroxyl groups is 6. The third kappa shape index (κ3) is 9.99. The summed E-state index contributed by atoms with van der Waals surface area (Å²) in [5.41, 5.74) is 6.38. The van der Waals surface area contributed by atoms with Crippen molar-refractivity contribution in [2.75, 3.05) is 0 Å². The van der Waals surface area contributed by atoms with Gasteiger partial charge in [-0.1, -0.05) is 115 Å². The maximum atomic E-state index is 11.3. The monoisotopic (exact) mass is 804 g/mol. The molecular weight excluding hydrogens is 745 g/mol. The first-order valence-corrected chi connectivity index (χ1v) is 20.7. The third-order valence-electron chi connectivity index (χ3n) is 12.8. The van der Waals surface area contributed by atoms with Gasteiger partial charge < -0.3 is 30.6 Å². The molecule has 0 heterocycles. The highest BCUT2D eigenvalue weighted by Crippen LogP contribution is 2.50. The molecule has 0 fully saturated rings. The van der Waals surface area contributed by atoms with Crippen molar-refractivity contribution in [1.29, 1.82) is 0 Å². The number of phenolic OH excluding ortho intramolecular Hbond substituents is 6. The summed E-state index contributed by atoms with van der Waals surface area (Å²) in [6, 6.07) is 42.7. The lowest BCUT2D eigenvalue weighted by Crippen LogP contribution is -2.38. The number of allylic oxidation sites excluding steroid dienone is 1. The summed E-state index contributed by atoms with van der Waals surface area (Å²) < 4.78 is 0. The van der Waals surface area contributed by atoms with Crippen LogP contribution in [0.1, 0.15) is 112 Å². The number of hydrogen-bond acceptors (Lipinski definition) is 6. The van der Waals surface area contributed by atoms with Crippen molar-refractivity contribution in [2.24, 2.45) is 0 Å². The molecule has 4 unspecified atom stereocenters. The summed E-state index contributed by atoms with van der Waals surface area (Å²) >= 11 is 0. The maximum Gasteiger partial charge on any atom is 0.115 e. The molecule has 0 aromatic heterocycles. The Balaban J connectivity index is 1.50. The molecule has 0 saturated heterocycles. The minimum Gasteiger partial charge on any atom is -0.508 e. The molecule has 6 nitrogen and oxygen atoms in total. The molecule has 6 aromatic rings. The molecule has 0 aliphatic rings. The molecule has 6 heteroatoms. The van der Waals surface area contributed by atoms with Crippen LogP contribution in [-0.4, -0.2) is 30.6 Å². The predicted molar refractivity (Wildman–Crippen MR) is 243 cm³/mol. The molecule has 0 amide bonds. The molecule has 6 N–H and O–H groups in total. The quantitative estimate of drug-likeness (QED) is 0.0579. The number of hydrogen-bond donors (Lipinski definition) is 6. The van der Waals surface area contributed by atoms with Crippen LogP contribution in [0, 0.1) is 0 Å². The van der Waals surface area contributed by atoms with Gasteiger partial charge in [0.05, 0.1) is 0 Å². The summed E-state index contributed by atoms with van der Waals surface area (Å²) in [5.74, 6) is 1.28. The van der Waals surface area contributed by atoms with E-state index in [1.54, 1.807) is 66.7 Å². The first-order chi connectivity index (χ1) is 28.3. The Morgan fingerprint density at radius 1 is 0.483 bits per heavy atom. The van der Waals surface area contributed by atoms with Crippen LogP contribution in [0.4, 0.5) is 0 Å². The van der Waals surface area contributed by atoms with Gasteiger partial charge in [-0.05, 0) is 177 Å². The average molecular weight is 805 g/mol. The predicted octanol–water partition coefficient (Wildman–Crippen LogP) is 12.7. The van der Waals surface area contributed by atoms with Gasteiger partial charge in [-0.2, -0.15) is 0 Å². The van der Waals surface area contributed by atoms with E-state index in [-0.39, 0.29) is 45.8 Å². The largest absolute Gasteiger partial charge is 0.508 e. The summed E-state index contributed by atoms with van der Waals surface area (Å²) in [6.45, 7) is 18.1. The molecule has 0 spiro atoms. The molecule has 6 aromatic carbocycles. The lowest BCUT2D eigenvalue weighted by atomic mass is 9.60. The molecule has 0 saturated carbocycles. The molecule has 0 aliphatic heterocycles. The molecule has 0 radical (unpaired) electrons. The topological polar surface area (TPSA) is 121 Å². The van der Waals surface area contributed by atoms with Gasteiger partial charge in [0.2, 0.25) is 0 Å². The van der Waals surface area contributed by atoms with Crippen LogP contribution in [0.2, 0.25) is 0 Å². The summed E-state index contributed by atoms with van der Waals surface area (Å²) in [7, 11) is 0. The highest BCUT2D eigenvalue weighted by atomic mass is 16.3. The minimum atomic E-state index is -0.557. The van der Waals surface area contributed by atoms with Crippen molar-refractivity contribution in [3.8, 4) is 34.5 Å². The van der Waals surface area contributed by atoms with Crippen molar-refractivity contribution >= 4 is 5.57 Å². The number of benzene rings is 6. The fraction of sp³-hybridized carbons (Fsp3) is 0.296.